The first-order chi connectivity index (χ1) is 14.1. The second-order valence-corrected chi connectivity index (χ2v) is 8.49. The van der Waals surface area contributed by atoms with Crippen LogP contribution >= 0.6 is 39.1 Å². The Kier molecular flexibility index (Phi) is 6.06. The van der Waals surface area contributed by atoms with Crippen LogP contribution in [0.2, 0.25) is 10.0 Å². The predicted octanol–water partition coefficient (Wildman–Crippen LogP) is 6.02. The van der Waals surface area contributed by atoms with Crippen LogP contribution in [0, 0.1) is 11.6 Å². The monoisotopic (exact) mass is 570 g/mol. The van der Waals surface area contributed by atoms with Crippen LogP contribution < -0.4 is 0 Å². The van der Waals surface area contributed by atoms with Crippen LogP contribution in [-0.2, 0) is 22.6 Å². The average Bonchev–Trinajstić information content (AvgIpc) is 3.14. The quantitative estimate of drug-likeness (QED) is 0.291. The average molecular weight is 572 g/mol. The lowest BCUT2D eigenvalue weighted by molar-refractivity contribution is -0.141. The van der Waals surface area contributed by atoms with Gasteiger partial charge in [0.25, 0.3) is 0 Å². The van der Waals surface area contributed by atoms with Gasteiger partial charge in [-0.2, -0.15) is 34.8 Å². The fourth-order valence-corrected chi connectivity index (χ4v) is 4.48. The fourth-order valence-electron chi connectivity index (χ4n) is 2.74. The van der Waals surface area contributed by atoms with Crippen LogP contribution in [-0.4, -0.2) is 28.2 Å². The summed E-state index contributed by atoms with van der Waals surface area (Å²) in [6, 6.07) is 1.16. The molecule has 16 heteroatoms. The minimum absolute atomic E-state index is 0.0438. The molecule has 0 amide bonds. The van der Waals surface area contributed by atoms with Gasteiger partial charge in [-0.1, -0.05) is 23.2 Å². The molecule has 0 atom stereocenters. The second-order valence-electron chi connectivity index (χ2n) is 6.00. The lowest BCUT2D eigenvalue weighted by Crippen LogP contribution is -2.08. The van der Waals surface area contributed by atoms with Gasteiger partial charge >= 0.3 is 12.4 Å². The number of alkyl halides is 6. The lowest BCUT2D eigenvalue weighted by Gasteiger charge is -2.14. The molecule has 0 aliphatic rings. The summed E-state index contributed by atoms with van der Waals surface area (Å²) in [5.74, 6) is -0.468. The maximum absolute atomic E-state index is 13.1. The van der Waals surface area contributed by atoms with Gasteiger partial charge < -0.3 is 4.98 Å². The zero-order valence-electron chi connectivity index (χ0n) is 14.7. The number of nitrogens with one attached hydrogen (secondary N) is 2. The molecule has 2 aromatic heterocycles. The van der Waals surface area contributed by atoms with E-state index in [1.165, 1.54) is 6.92 Å². The highest BCUT2D eigenvalue weighted by atomic mass is 79.9. The zero-order valence-corrected chi connectivity index (χ0v) is 18.6. The number of rotatable bonds is 2. The van der Waals surface area contributed by atoms with Gasteiger partial charge in [0, 0.05) is 0 Å². The van der Waals surface area contributed by atoms with E-state index >= 15 is 0 Å². The van der Waals surface area contributed by atoms with E-state index in [2.05, 4.69) is 31.0 Å². The van der Waals surface area contributed by atoms with Gasteiger partial charge in [-0.3, -0.25) is 9.78 Å². The van der Waals surface area contributed by atoms with E-state index in [-0.39, 0.29) is 16.9 Å². The maximum atomic E-state index is 13.1. The molecule has 0 saturated heterocycles. The standard InChI is InChI=1S/C15H7BrCl2F6N4O2S/c1-4-8(12-25-10(11(16)26-12)15(22,23)24)13(31(29)30)27-28(4)9-6(17)2-5(3-7(9)18)14(19,20)21/h2-3,27H,1H3,(H,25,26). The smallest absolute Gasteiger partial charge is 0.332 e. The molecule has 0 saturated carbocycles. The fraction of sp³-hybridized carbons (Fsp3) is 0.200. The number of benzene rings is 1. The van der Waals surface area contributed by atoms with Crippen molar-refractivity contribution in [3.05, 3.63) is 48.4 Å². The summed E-state index contributed by atoms with van der Waals surface area (Å²) in [6.45, 7) is 1.29. The molecule has 0 spiro atoms. The molecule has 0 unspecified atom stereocenters. The molecular weight excluding hydrogens is 565 g/mol. The Morgan fingerprint density at radius 2 is 1.61 bits per heavy atom. The summed E-state index contributed by atoms with van der Waals surface area (Å²) in [5.41, 5.74) is -3.06. The Hall–Kier alpha value is -1.90. The first-order valence-electron chi connectivity index (χ1n) is 7.76. The SMILES string of the molecule is Cc1c(-c2nc(C(F)(F)F)c(Br)[nH]2)c(=S(=O)=O)[nH]n1-c1c(Cl)cc(C(F)(F)F)cc1Cl. The van der Waals surface area contributed by atoms with Crippen LogP contribution in [0.15, 0.2) is 16.7 Å². The van der Waals surface area contributed by atoms with Gasteiger partial charge in [0.15, 0.2) is 10.3 Å². The van der Waals surface area contributed by atoms with Crippen LogP contribution in [0.1, 0.15) is 17.0 Å². The van der Waals surface area contributed by atoms with E-state index in [1.807, 2.05) is 0 Å². The molecule has 6 nitrogen and oxygen atoms in total. The molecule has 0 radical (unpaired) electrons. The van der Waals surface area contributed by atoms with Gasteiger partial charge in [-0.25, -0.2) is 4.98 Å². The van der Waals surface area contributed by atoms with Crippen molar-refractivity contribution in [2.45, 2.75) is 19.3 Å². The van der Waals surface area contributed by atoms with Gasteiger partial charge in [0.2, 0.25) is 10.3 Å². The summed E-state index contributed by atoms with van der Waals surface area (Å²) in [4.78, 5) is 5.70. The minimum Gasteiger partial charge on any atom is -0.332 e. The highest BCUT2D eigenvalue weighted by Crippen LogP contribution is 2.39. The largest absolute Gasteiger partial charge is 0.436 e. The lowest BCUT2D eigenvalue weighted by atomic mass is 10.2. The van der Waals surface area contributed by atoms with Crippen LogP contribution in [0.3, 0.4) is 0 Å². The molecule has 0 aliphatic heterocycles. The van der Waals surface area contributed by atoms with Crippen molar-refractivity contribution in [2.75, 3.05) is 0 Å². The third kappa shape index (κ3) is 4.38. The first-order valence-corrected chi connectivity index (χ1v) is 10.4. The van der Waals surface area contributed by atoms with Crippen LogP contribution in [0.4, 0.5) is 26.3 Å². The maximum Gasteiger partial charge on any atom is 0.436 e. The summed E-state index contributed by atoms with van der Waals surface area (Å²) < 4.78 is 101. The van der Waals surface area contributed by atoms with Crippen molar-refractivity contribution in [1.29, 1.82) is 0 Å². The first kappa shape index (κ1) is 23.8. The summed E-state index contributed by atoms with van der Waals surface area (Å²) in [6.07, 6.45) is -9.59. The van der Waals surface area contributed by atoms with E-state index in [1.54, 1.807) is 0 Å². The molecule has 31 heavy (non-hydrogen) atoms. The van der Waals surface area contributed by atoms with Gasteiger partial charge in [-0.15, -0.1) is 0 Å². The number of nitrogens with zero attached hydrogens (tertiary/aromatic N) is 2. The number of aromatic amines is 2. The molecule has 168 valence electrons. The van der Waals surface area contributed by atoms with E-state index in [4.69, 9.17) is 23.2 Å². The Labute approximate surface area is 188 Å². The van der Waals surface area contributed by atoms with Gasteiger partial charge in [0.05, 0.1) is 32.6 Å². The van der Waals surface area contributed by atoms with Gasteiger partial charge in [-0.05, 0) is 35.0 Å². The normalized spacial score (nSPS) is 12.5. The molecule has 3 rings (SSSR count). The highest BCUT2D eigenvalue weighted by molar-refractivity contribution is 9.10. The molecule has 3 aromatic rings. The Morgan fingerprint density at radius 1 is 1.06 bits per heavy atom. The van der Waals surface area contributed by atoms with E-state index in [9.17, 15) is 34.8 Å². The van der Waals surface area contributed by atoms with Crippen molar-refractivity contribution in [2.24, 2.45) is 0 Å². The van der Waals surface area contributed by atoms with E-state index in [0.29, 0.717) is 12.1 Å². The number of aromatic nitrogens is 4. The zero-order chi connectivity index (χ0) is 23.5. The Morgan fingerprint density at radius 3 is 2.03 bits per heavy atom. The molecule has 2 heterocycles. The number of halogens is 9. The Bertz CT molecular complexity index is 1340. The minimum atomic E-state index is -4.84. The van der Waals surface area contributed by atoms with E-state index < -0.39 is 59.0 Å². The molecule has 0 aliphatic carbocycles. The topological polar surface area (TPSA) is 83.5 Å². The van der Waals surface area contributed by atoms with Crippen molar-refractivity contribution in [3.8, 4) is 17.1 Å². The number of hydrogen-bond acceptors (Lipinski definition) is 3. The number of H-pyrrole nitrogens is 2. The summed E-state index contributed by atoms with van der Waals surface area (Å²) in [7, 11) is -3.00. The van der Waals surface area contributed by atoms with Crippen molar-refractivity contribution < 1.29 is 34.8 Å². The molecule has 1 aromatic carbocycles. The van der Waals surface area contributed by atoms with E-state index in [0.717, 1.165) is 4.68 Å². The number of imidazole rings is 1. The molecular formula is C15H7BrCl2F6N4O2S. The van der Waals surface area contributed by atoms with Crippen molar-refractivity contribution in [3.63, 3.8) is 0 Å². The number of hydrogen-bond donors (Lipinski definition) is 2. The van der Waals surface area contributed by atoms with Crippen molar-refractivity contribution >= 4 is 49.4 Å². The third-order valence-electron chi connectivity index (χ3n) is 4.04. The van der Waals surface area contributed by atoms with Crippen LogP contribution in [0.25, 0.3) is 17.1 Å². The Balaban J connectivity index is 2.33. The molecule has 2 N–H and O–H groups in total. The summed E-state index contributed by atoms with van der Waals surface area (Å²) >= 11 is 14.6. The van der Waals surface area contributed by atoms with Gasteiger partial charge in [0.1, 0.15) is 10.4 Å². The summed E-state index contributed by atoms with van der Waals surface area (Å²) in [5, 5.41) is 1.40. The third-order valence-corrected chi connectivity index (χ3v) is 5.82. The second kappa shape index (κ2) is 7.90. The molecule has 0 fully saturated rings. The highest BCUT2D eigenvalue weighted by Gasteiger charge is 2.38. The van der Waals surface area contributed by atoms with Crippen LogP contribution in [0.5, 0.6) is 0 Å². The molecule has 0 bridgehead atoms. The van der Waals surface area contributed by atoms with Crippen molar-refractivity contribution in [1.82, 2.24) is 19.7 Å². The predicted molar refractivity (Wildman–Crippen MR) is 102 cm³/mol.